The van der Waals surface area contributed by atoms with Gasteiger partial charge in [-0.25, -0.2) is 4.98 Å². The third-order valence-corrected chi connectivity index (χ3v) is 6.79. The summed E-state index contributed by atoms with van der Waals surface area (Å²) in [7, 11) is 1.47. The first-order chi connectivity index (χ1) is 19.2. The Kier molecular flexibility index (Phi) is 9.36. The van der Waals surface area contributed by atoms with Crippen molar-refractivity contribution in [3.8, 4) is 11.5 Å². The van der Waals surface area contributed by atoms with Crippen LogP contribution in [0.2, 0.25) is 0 Å². The maximum absolute atomic E-state index is 13.5. The molecule has 0 saturated carbocycles. The van der Waals surface area contributed by atoms with E-state index in [1.54, 1.807) is 13.0 Å². The Bertz CT molecular complexity index is 1380. The molecule has 1 aliphatic heterocycles. The molecule has 0 saturated heterocycles. The van der Waals surface area contributed by atoms with Crippen LogP contribution in [0.1, 0.15) is 84.7 Å². The summed E-state index contributed by atoms with van der Waals surface area (Å²) in [5.41, 5.74) is 0.950. The van der Waals surface area contributed by atoms with E-state index in [2.05, 4.69) is 10.3 Å². The monoisotopic (exact) mass is 567 g/mol. The van der Waals surface area contributed by atoms with E-state index in [0.29, 0.717) is 23.5 Å². The number of phenols is 1. The number of aromatic hydroxyl groups is 1. The quantitative estimate of drug-likeness (QED) is 0.298. The Morgan fingerprint density at radius 3 is 2.46 bits per heavy atom. The van der Waals surface area contributed by atoms with Gasteiger partial charge in [-0.1, -0.05) is 20.8 Å². The van der Waals surface area contributed by atoms with Gasteiger partial charge < -0.3 is 30.1 Å². The number of nitrogens with zero attached hydrogens (tertiary/aromatic N) is 3. The van der Waals surface area contributed by atoms with Crippen LogP contribution in [0.5, 0.6) is 11.5 Å². The van der Waals surface area contributed by atoms with Crippen LogP contribution in [0.3, 0.4) is 0 Å². The van der Waals surface area contributed by atoms with E-state index in [1.165, 1.54) is 42.0 Å². The molecule has 1 atom stereocenters. The minimum absolute atomic E-state index is 0.00968. The molecule has 2 amide bonds. The number of ether oxygens (including phenoxy) is 1. The topological polar surface area (TPSA) is 173 Å². The Balaban J connectivity index is 1.92. The average Bonchev–Trinajstić information content (AvgIpc) is 3.19. The molecular weight excluding hydrogens is 530 g/mol. The van der Waals surface area contributed by atoms with Gasteiger partial charge in [-0.2, -0.15) is 0 Å². The summed E-state index contributed by atoms with van der Waals surface area (Å²) in [6.07, 6.45) is -0.274. The summed E-state index contributed by atoms with van der Waals surface area (Å²) in [6, 6.07) is 5.32. The molecule has 1 aromatic carbocycles. The number of pyridine rings is 1. The highest BCUT2D eigenvalue weighted by Gasteiger charge is 2.36. The molecule has 12 heteroatoms. The van der Waals surface area contributed by atoms with E-state index in [1.807, 2.05) is 20.8 Å². The Morgan fingerprint density at radius 1 is 1.22 bits per heavy atom. The number of amides is 2. The van der Waals surface area contributed by atoms with Gasteiger partial charge in [-0.05, 0) is 36.6 Å². The van der Waals surface area contributed by atoms with E-state index in [-0.39, 0.29) is 66.3 Å². The number of rotatable bonds is 11. The fourth-order valence-corrected chi connectivity index (χ4v) is 4.97. The predicted octanol–water partition coefficient (Wildman–Crippen LogP) is 2.98. The number of nitrogens with one attached hydrogen (secondary N) is 2. The zero-order chi connectivity index (χ0) is 30.6. The van der Waals surface area contributed by atoms with Crippen molar-refractivity contribution < 1.29 is 34.1 Å². The molecule has 4 N–H and O–H groups in total. The molecule has 1 aliphatic rings. The smallest absolute Gasteiger partial charge is 0.305 e. The number of ketones is 1. The molecule has 2 heterocycles. The third kappa shape index (κ3) is 6.82. The molecule has 0 aliphatic carbocycles. The Labute approximate surface area is 238 Å². The number of carbonyl (C=O) groups is 4. The number of amidine groups is 1. The van der Waals surface area contributed by atoms with E-state index < -0.39 is 23.3 Å². The van der Waals surface area contributed by atoms with Gasteiger partial charge in [-0.15, -0.1) is 0 Å². The lowest BCUT2D eigenvalue weighted by molar-refractivity contribution is -0.140. The predicted molar refractivity (Wildman–Crippen MR) is 150 cm³/mol. The van der Waals surface area contributed by atoms with E-state index in [4.69, 9.17) is 10.1 Å². The summed E-state index contributed by atoms with van der Waals surface area (Å²) in [5, 5.41) is 31.1. The third-order valence-electron chi connectivity index (χ3n) is 6.79. The highest BCUT2D eigenvalue weighted by molar-refractivity contribution is 6.05. The van der Waals surface area contributed by atoms with Crippen LogP contribution >= 0.6 is 0 Å². The molecule has 220 valence electrons. The van der Waals surface area contributed by atoms with E-state index >= 15 is 0 Å². The average molecular weight is 568 g/mol. The minimum atomic E-state index is -1.06. The van der Waals surface area contributed by atoms with Crippen molar-refractivity contribution in [3.05, 3.63) is 52.3 Å². The fraction of sp³-hybridized carbons (Fsp3) is 0.448. The van der Waals surface area contributed by atoms with Crippen molar-refractivity contribution in [2.24, 2.45) is 5.41 Å². The highest BCUT2D eigenvalue weighted by Crippen LogP contribution is 2.42. The van der Waals surface area contributed by atoms with Crippen molar-refractivity contribution in [2.75, 3.05) is 26.7 Å². The van der Waals surface area contributed by atoms with E-state index in [9.17, 15) is 29.4 Å². The van der Waals surface area contributed by atoms with Gasteiger partial charge in [0.05, 0.1) is 25.6 Å². The second-order valence-electron chi connectivity index (χ2n) is 10.9. The zero-order valence-corrected chi connectivity index (χ0v) is 24.2. The van der Waals surface area contributed by atoms with Crippen molar-refractivity contribution in [3.63, 3.8) is 0 Å². The number of aliphatic carboxylic acids is 1. The molecule has 0 spiro atoms. The summed E-state index contributed by atoms with van der Waals surface area (Å²) >= 11 is 0. The maximum Gasteiger partial charge on any atom is 0.305 e. The summed E-state index contributed by atoms with van der Waals surface area (Å²) in [5.74, 6) is -2.05. The molecule has 0 fully saturated rings. The maximum atomic E-state index is 13.5. The second-order valence-corrected chi connectivity index (χ2v) is 10.9. The van der Waals surface area contributed by atoms with Crippen molar-refractivity contribution in [1.82, 2.24) is 20.1 Å². The number of Topliss-reactive ketones (excluding diaryl/α,β-unsaturated/α-hetero) is 1. The molecule has 41 heavy (non-hydrogen) atoms. The largest absolute Gasteiger partial charge is 0.508 e. The standard InChI is InChI=1S/C29H37N5O7/c1-7-41-22-13-18-14-33(27(30)24(18)32-25(22)28(40)31-6)15-21(37)17-8-9-20(36)19(12-17)26(29(3,4)5)34(16(2)35)11-10-23(38)39/h8-9,12-13,26,30,36H,7,10-11,14-15H2,1-6H3,(H,31,40)(H,38,39). The number of hydrogen-bond donors (Lipinski definition) is 4. The molecular formula is C29H37N5O7. The SMILES string of the molecule is CCOc1cc2c(nc1C(=O)NC)C(=N)N(CC(=O)c1ccc(O)c(C(N(CCC(=O)O)C(C)=O)C(C)(C)C)c1)C2. The molecule has 0 bridgehead atoms. The first-order valence-electron chi connectivity index (χ1n) is 13.3. The van der Waals surface area contributed by atoms with E-state index in [0.717, 1.165) is 0 Å². The zero-order valence-electron chi connectivity index (χ0n) is 24.2. The molecule has 1 aromatic heterocycles. The Hall–Kier alpha value is -4.48. The molecule has 1 unspecified atom stereocenters. The number of carboxylic acid groups (broad SMARTS) is 1. The molecule has 3 rings (SSSR count). The number of carbonyl (C=O) groups excluding carboxylic acids is 3. The molecule has 2 aromatic rings. The normalized spacial score (nSPS) is 13.4. The van der Waals surface area contributed by atoms with Crippen molar-refractivity contribution in [1.29, 1.82) is 5.41 Å². The lowest BCUT2D eigenvalue weighted by Crippen LogP contribution is -2.41. The highest BCUT2D eigenvalue weighted by atomic mass is 16.5. The van der Waals surface area contributed by atoms with Gasteiger partial charge in [0.2, 0.25) is 5.91 Å². The van der Waals surface area contributed by atoms with Crippen LogP contribution in [0.15, 0.2) is 24.3 Å². The fourth-order valence-electron chi connectivity index (χ4n) is 4.97. The number of benzene rings is 1. The van der Waals surface area contributed by atoms with Gasteiger partial charge in [0.25, 0.3) is 5.91 Å². The Morgan fingerprint density at radius 2 is 1.90 bits per heavy atom. The lowest BCUT2D eigenvalue weighted by Gasteiger charge is -2.40. The van der Waals surface area contributed by atoms with Crippen molar-refractivity contribution >= 4 is 29.4 Å². The number of fused-ring (bicyclic) bond motifs is 1. The summed E-state index contributed by atoms with van der Waals surface area (Å²) in [4.78, 5) is 56.9. The number of hydrogen-bond acceptors (Lipinski definition) is 8. The first kappa shape index (κ1) is 31.1. The van der Waals surface area contributed by atoms with Gasteiger partial charge in [0.1, 0.15) is 17.3 Å². The number of aromatic nitrogens is 1. The van der Waals surface area contributed by atoms with Gasteiger partial charge >= 0.3 is 5.97 Å². The van der Waals surface area contributed by atoms with Crippen LogP contribution in [0.4, 0.5) is 0 Å². The van der Waals surface area contributed by atoms with Crippen LogP contribution in [-0.2, 0) is 16.1 Å². The van der Waals surface area contributed by atoms with Crippen molar-refractivity contribution in [2.45, 2.75) is 53.6 Å². The summed E-state index contributed by atoms with van der Waals surface area (Å²) in [6.45, 7) is 9.00. The van der Waals surface area contributed by atoms with Crippen LogP contribution in [0.25, 0.3) is 0 Å². The second kappa shape index (κ2) is 12.4. The number of phenolic OH excluding ortho intramolecular Hbond substituents is 1. The molecule has 12 nitrogen and oxygen atoms in total. The van der Waals surface area contributed by atoms with Gasteiger partial charge in [0.15, 0.2) is 17.2 Å². The summed E-state index contributed by atoms with van der Waals surface area (Å²) < 4.78 is 5.58. The lowest BCUT2D eigenvalue weighted by atomic mass is 9.80. The van der Waals surface area contributed by atoms with Crippen LogP contribution in [-0.4, -0.2) is 81.1 Å². The first-order valence-corrected chi connectivity index (χ1v) is 13.3. The molecule has 0 radical (unpaired) electrons. The van der Waals surface area contributed by atoms with Crippen LogP contribution in [0, 0.1) is 10.8 Å². The van der Waals surface area contributed by atoms with Gasteiger partial charge in [-0.3, -0.25) is 24.6 Å². The van der Waals surface area contributed by atoms with Crippen LogP contribution < -0.4 is 10.1 Å². The minimum Gasteiger partial charge on any atom is -0.508 e. The van der Waals surface area contributed by atoms with Gasteiger partial charge in [0, 0.05) is 43.8 Å². The number of carboxylic acids is 1.